The van der Waals surface area contributed by atoms with Gasteiger partial charge in [0.1, 0.15) is 35.7 Å². The van der Waals surface area contributed by atoms with Crippen LogP contribution in [0.5, 0.6) is 23.0 Å². The standard InChI is InChI=1S/C34H43NO4/c1-4-6-7-21-35(5-2)22-23-38-30-18-11-26(12-19-30)9-8-10-32-34(27-13-15-28(36)16-14-27)25(3)31-20-17-29(37)24-33(31)39-32/h11-20,24,32,36-37H,4-10,21-23H2,1-3H3. The van der Waals surface area contributed by atoms with Gasteiger partial charge in [0.15, 0.2) is 0 Å². The van der Waals surface area contributed by atoms with Gasteiger partial charge in [-0.2, -0.15) is 0 Å². The summed E-state index contributed by atoms with van der Waals surface area (Å²) < 4.78 is 12.5. The molecular formula is C34H43NO4. The Morgan fingerprint density at radius 3 is 2.31 bits per heavy atom. The van der Waals surface area contributed by atoms with Crippen LogP contribution in [0.25, 0.3) is 11.1 Å². The van der Waals surface area contributed by atoms with E-state index in [9.17, 15) is 10.2 Å². The number of phenolic OH excluding ortho intramolecular Hbond substituents is 2. The van der Waals surface area contributed by atoms with Gasteiger partial charge in [-0.3, -0.25) is 0 Å². The zero-order valence-corrected chi connectivity index (χ0v) is 23.7. The maximum absolute atomic E-state index is 10.0. The van der Waals surface area contributed by atoms with Crippen LogP contribution in [0.2, 0.25) is 0 Å². The highest BCUT2D eigenvalue weighted by molar-refractivity contribution is 5.95. The van der Waals surface area contributed by atoms with Gasteiger partial charge in [0.25, 0.3) is 0 Å². The Bertz CT molecular complexity index is 1220. The lowest BCUT2D eigenvalue weighted by molar-refractivity contribution is 0.213. The third kappa shape index (κ3) is 7.79. The van der Waals surface area contributed by atoms with Crippen molar-refractivity contribution in [2.24, 2.45) is 0 Å². The van der Waals surface area contributed by atoms with Crippen molar-refractivity contribution >= 4 is 11.1 Å². The van der Waals surface area contributed by atoms with Gasteiger partial charge in [-0.25, -0.2) is 0 Å². The average molecular weight is 530 g/mol. The molecule has 3 aromatic carbocycles. The van der Waals surface area contributed by atoms with Crippen LogP contribution >= 0.6 is 0 Å². The van der Waals surface area contributed by atoms with Crippen molar-refractivity contribution in [3.63, 3.8) is 0 Å². The van der Waals surface area contributed by atoms with Crippen molar-refractivity contribution in [1.29, 1.82) is 0 Å². The Morgan fingerprint density at radius 2 is 1.59 bits per heavy atom. The van der Waals surface area contributed by atoms with Crippen LogP contribution in [0, 0.1) is 0 Å². The fourth-order valence-electron chi connectivity index (χ4n) is 5.31. The number of nitrogens with zero attached hydrogens (tertiary/aromatic N) is 1. The number of phenols is 2. The summed E-state index contributed by atoms with van der Waals surface area (Å²) in [6.07, 6.45) is 6.40. The van der Waals surface area contributed by atoms with Gasteiger partial charge < -0.3 is 24.6 Å². The molecule has 0 spiro atoms. The number of ether oxygens (including phenoxy) is 2. The van der Waals surface area contributed by atoms with Gasteiger partial charge in [0.2, 0.25) is 0 Å². The molecular weight excluding hydrogens is 486 g/mol. The fourth-order valence-corrected chi connectivity index (χ4v) is 5.31. The minimum absolute atomic E-state index is 0.134. The summed E-state index contributed by atoms with van der Waals surface area (Å²) in [5.41, 5.74) is 5.58. The van der Waals surface area contributed by atoms with Crippen LogP contribution in [0.15, 0.2) is 66.7 Å². The Morgan fingerprint density at radius 1 is 0.846 bits per heavy atom. The molecule has 0 aromatic heterocycles. The maximum Gasteiger partial charge on any atom is 0.131 e. The van der Waals surface area contributed by atoms with Gasteiger partial charge in [0, 0.05) is 23.7 Å². The number of hydrogen-bond donors (Lipinski definition) is 2. The first-order valence-electron chi connectivity index (χ1n) is 14.4. The molecule has 4 rings (SSSR count). The summed E-state index contributed by atoms with van der Waals surface area (Å²) in [4.78, 5) is 2.46. The summed E-state index contributed by atoms with van der Waals surface area (Å²) in [6, 6.07) is 21.1. The molecule has 3 aromatic rings. The summed E-state index contributed by atoms with van der Waals surface area (Å²) in [6.45, 7) is 10.4. The third-order valence-corrected chi connectivity index (χ3v) is 7.60. The topological polar surface area (TPSA) is 62.2 Å². The SMILES string of the molecule is CCCCCN(CC)CCOc1ccc(CCCC2Oc3cc(O)ccc3C(C)=C2c2ccc(O)cc2)cc1. The molecule has 0 fully saturated rings. The molecule has 0 radical (unpaired) electrons. The molecule has 5 nitrogen and oxygen atoms in total. The average Bonchev–Trinajstić information content (AvgIpc) is 2.94. The number of hydrogen-bond acceptors (Lipinski definition) is 5. The van der Waals surface area contributed by atoms with Crippen LogP contribution in [-0.4, -0.2) is 47.5 Å². The number of benzene rings is 3. The number of allylic oxidation sites excluding steroid dienone is 1. The lowest BCUT2D eigenvalue weighted by Gasteiger charge is -2.31. The number of rotatable bonds is 14. The molecule has 5 heteroatoms. The largest absolute Gasteiger partial charge is 0.508 e. The number of aromatic hydroxyl groups is 2. The van der Waals surface area contributed by atoms with E-state index in [1.165, 1.54) is 24.8 Å². The molecule has 1 aliphatic heterocycles. The normalized spacial score (nSPS) is 14.8. The van der Waals surface area contributed by atoms with E-state index in [-0.39, 0.29) is 17.6 Å². The molecule has 1 atom stereocenters. The van der Waals surface area contributed by atoms with Gasteiger partial charge in [0.05, 0.1) is 0 Å². The molecule has 1 aliphatic rings. The van der Waals surface area contributed by atoms with Crippen molar-refractivity contribution in [3.8, 4) is 23.0 Å². The Kier molecular flexibility index (Phi) is 10.3. The summed E-state index contributed by atoms with van der Waals surface area (Å²) in [5, 5.41) is 19.8. The van der Waals surface area contributed by atoms with Crippen LogP contribution in [0.3, 0.4) is 0 Å². The molecule has 2 N–H and O–H groups in total. The van der Waals surface area contributed by atoms with E-state index in [1.54, 1.807) is 24.3 Å². The molecule has 0 bridgehead atoms. The highest BCUT2D eigenvalue weighted by Crippen LogP contribution is 2.43. The van der Waals surface area contributed by atoms with E-state index in [0.717, 1.165) is 66.9 Å². The van der Waals surface area contributed by atoms with Crippen molar-refractivity contribution in [3.05, 3.63) is 83.4 Å². The predicted molar refractivity (Wildman–Crippen MR) is 160 cm³/mol. The van der Waals surface area contributed by atoms with E-state index in [1.807, 2.05) is 18.2 Å². The Hall–Kier alpha value is -3.44. The smallest absolute Gasteiger partial charge is 0.131 e. The second-order valence-corrected chi connectivity index (χ2v) is 10.4. The number of fused-ring (bicyclic) bond motifs is 1. The van der Waals surface area contributed by atoms with E-state index < -0.39 is 0 Å². The van der Waals surface area contributed by atoms with Gasteiger partial charge in [-0.1, -0.05) is 51.0 Å². The third-order valence-electron chi connectivity index (χ3n) is 7.60. The first kappa shape index (κ1) is 28.6. The van der Waals surface area contributed by atoms with Crippen LogP contribution in [0.4, 0.5) is 0 Å². The Balaban J connectivity index is 1.34. The molecule has 39 heavy (non-hydrogen) atoms. The molecule has 208 valence electrons. The highest BCUT2D eigenvalue weighted by atomic mass is 16.5. The van der Waals surface area contributed by atoms with Crippen LogP contribution in [-0.2, 0) is 6.42 Å². The monoisotopic (exact) mass is 529 g/mol. The summed E-state index contributed by atoms with van der Waals surface area (Å²) in [7, 11) is 0. The molecule has 0 aliphatic carbocycles. The zero-order chi connectivity index (χ0) is 27.6. The van der Waals surface area contributed by atoms with Crippen molar-refractivity contribution in [2.75, 3.05) is 26.2 Å². The minimum atomic E-state index is -0.134. The molecule has 1 unspecified atom stereocenters. The lowest BCUT2D eigenvalue weighted by Crippen LogP contribution is -2.29. The van der Waals surface area contributed by atoms with E-state index >= 15 is 0 Å². The van der Waals surface area contributed by atoms with Crippen molar-refractivity contribution < 1.29 is 19.7 Å². The second-order valence-electron chi connectivity index (χ2n) is 10.4. The second kappa shape index (κ2) is 14.1. The first-order chi connectivity index (χ1) is 19.0. The molecule has 1 heterocycles. The predicted octanol–water partition coefficient (Wildman–Crippen LogP) is 7.70. The van der Waals surface area contributed by atoms with Crippen molar-refractivity contribution in [1.82, 2.24) is 4.90 Å². The Labute approximate surface area is 233 Å². The van der Waals surface area contributed by atoms with Crippen molar-refractivity contribution in [2.45, 2.75) is 65.4 Å². The van der Waals surface area contributed by atoms with Crippen LogP contribution in [0.1, 0.15) is 69.6 Å². The lowest BCUT2D eigenvalue weighted by atomic mass is 9.87. The number of aryl methyl sites for hydroxylation is 1. The minimum Gasteiger partial charge on any atom is -0.508 e. The summed E-state index contributed by atoms with van der Waals surface area (Å²) in [5.74, 6) is 2.09. The number of unbranched alkanes of at least 4 members (excludes halogenated alkanes) is 2. The van der Waals surface area contributed by atoms with E-state index in [0.29, 0.717) is 12.4 Å². The summed E-state index contributed by atoms with van der Waals surface area (Å²) >= 11 is 0. The molecule has 0 saturated heterocycles. The van der Waals surface area contributed by atoms with Gasteiger partial charge in [-0.05, 0) is 98.8 Å². The fraction of sp³-hybridized carbons (Fsp3) is 0.412. The number of likely N-dealkylation sites (N-methyl/N-ethyl adjacent to an activating group) is 1. The van der Waals surface area contributed by atoms with Gasteiger partial charge >= 0.3 is 0 Å². The van der Waals surface area contributed by atoms with Crippen LogP contribution < -0.4 is 9.47 Å². The van der Waals surface area contributed by atoms with Gasteiger partial charge in [-0.15, -0.1) is 0 Å². The maximum atomic E-state index is 10.0. The van der Waals surface area contributed by atoms with E-state index in [2.05, 4.69) is 49.9 Å². The molecule has 0 saturated carbocycles. The quantitative estimate of drug-likeness (QED) is 0.210. The zero-order valence-electron chi connectivity index (χ0n) is 23.7. The first-order valence-corrected chi connectivity index (χ1v) is 14.4. The van der Waals surface area contributed by atoms with E-state index in [4.69, 9.17) is 9.47 Å². The molecule has 0 amide bonds. The highest BCUT2D eigenvalue weighted by Gasteiger charge is 2.28.